The highest BCUT2D eigenvalue weighted by Gasteiger charge is 2.44. The highest BCUT2D eigenvalue weighted by atomic mass is 35.5. The van der Waals surface area contributed by atoms with Crippen LogP contribution in [-0.4, -0.2) is 100 Å². The Bertz CT molecular complexity index is 1260. The summed E-state index contributed by atoms with van der Waals surface area (Å²) in [5.41, 5.74) is 0.0938. The highest BCUT2D eigenvalue weighted by molar-refractivity contribution is 6.42. The molecule has 1 N–H and O–H groups in total. The number of aliphatic hydroxyl groups is 1. The standard InChI is InChI=1S/C31H41Cl2N5O4/c1-30(2,3)42-29(40)38-19-18-37(22-9-11-31(41,12-10-22)27-6-4-5-13-34-27)21-26(38)28(39)36-16-14-35(15-17-36)23-7-8-24(32)25(33)20-23/h4-8,13,20,22,26,41H,9-12,14-19,21H2,1-3H3/t22?,26-,31?/m1/s1. The van der Waals surface area contributed by atoms with Gasteiger partial charge in [0.25, 0.3) is 0 Å². The topological polar surface area (TPSA) is 89.4 Å². The maximum atomic E-state index is 14.0. The van der Waals surface area contributed by atoms with Crippen LogP contribution in [-0.2, 0) is 15.1 Å². The van der Waals surface area contributed by atoms with Crippen LogP contribution >= 0.6 is 23.2 Å². The third-order valence-corrected chi connectivity index (χ3v) is 9.36. The summed E-state index contributed by atoms with van der Waals surface area (Å²) in [7, 11) is 0. The van der Waals surface area contributed by atoms with Crippen LogP contribution in [0.25, 0.3) is 0 Å². The fraction of sp³-hybridized carbons (Fsp3) is 0.581. The van der Waals surface area contributed by atoms with Gasteiger partial charge in [-0.3, -0.25) is 19.6 Å². The number of nitrogens with zero attached hydrogens (tertiary/aromatic N) is 5. The number of hydrogen-bond donors (Lipinski definition) is 1. The first-order valence-corrected chi connectivity index (χ1v) is 15.6. The fourth-order valence-electron chi connectivity index (χ4n) is 6.30. The number of benzene rings is 1. The molecule has 1 aliphatic carbocycles. The molecule has 1 aromatic heterocycles. The van der Waals surface area contributed by atoms with Crippen LogP contribution in [0.2, 0.25) is 10.0 Å². The first-order valence-electron chi connectivity index (χ1n) is 14.8. The van der Waals surface area contributed by atoms with Crippen LogP contribution in [0.15, 0.2) is 42.6 Å². The van der Waals surface area contributed by atoms with Gasteiger partial charge in [-0.2, -0.15) is 0 Å². The van der Waals surface area contributed by atoms with Crippen LogP contribution in [0.3, 0.4) is 0 Å². The van der Waals surface area contributed by atoms with Crippen molar-refractivity contribution in [2.24, 2.45) is 0 Å². The number of piperazine rings is 2. The van der Waals surface area contributed by atoms with Gasteiger partial charge in [-0.15, -0.1) is 0 Å². The molecule has 9 nitrogen and oxygen atoms in total. The number of pyridine rings is 1. The summed E-state index contributed by atoms with van der Waals surface area (Å²) in [4.78, 5) is 39.7. The van der Waals surface area contributed by atoms with E-state index in [-0.39, 0.29) is 11.9 Å². The first kappa shape index (κ1) is 30.9. The van der Waals surface area contributed by atoms with Crippen LogP contribution in [0.5, 0.6) is 0 Å². The van der Waals surface area contributed by atoms with Gasteiger partial charge in [0.15, 0.2) is 0 Å². The lowest BCUT2D eigenvalue weighted by atomic mass is 9.79. The third-order valence-electron chi connectivity index (χ3n) is 8.62. The first-order chi connectivity index (χ1) is 19.9. The van der Waals surface area contributed by atoms with Gasteiger partial charge in [-0.1, -0.05) is 29.3 Å². The summed E-state index contributed by atoms with van der Waals surface area (Å²) >= 11 is 12.3. The predicted octanol–water partition coefficient (Wildman–Crippen LogP) is 4.79. The summed E-state index contributed by atoms with van der Waals surface area (Å²) in [6, 6.07) is 10.8. The number of hydrogen-bond acceptors (Lipinski definition) is 7. The van der Waals surface area contributed by atoms with Crippen molar-refractivity contribution < 1.29 is 19.4 Å². The van der Waals surface area contributed by atoms with Crippen molar-refractivity contribution in [3.8, 4) is 0 Å². The Morgan fingerprint density at radius 1 is 0.976 bits per heavy atom. The van der Waals surface area contributed by atoms with E-state index < -0.39 is 23.3 Å². The summed E-state index contributed by atoms with van der Waals surface area (Å²) < 4.78 is 5.72. The molecule has 0 unspecified atom stereocenters. The van der Waals surface area contributed by atoms with E-state index in [0.717, 1.165) is 18.5 Å². The largest absolute Gasteiger partial charge is 0.444 e. The van der Waals surface area contributed by atoms with Crippen molar-refractivity contribution in [1.82, 2.24) is 19.7 Å². The molecule has 1 aromatic carbocycles. The average molecular weight is 619 g/mol. The smallest absolute Gasteiger partial charge is 0.411 e. The van der Waals surface area contributed by atoms with Crippen molar-refractivity contribution >= 4 is 40.9 Å². The molecule has 1 atom stereocenters. The molecule has 0 bridgehead atoms. The second-order valence-corrected chi connectivity index (χ2v) is 13.4. The molecule has 5 rings (SSSR count). The lowest BCUT2D eigenvalue weighted by Gasteiger charge is -2.48. The molecule has 2 saturated heterocycles. The van der Waals surface area contributed by atoms with Crippen molar-refractivity contribution in [2.75, 3.05) is 50.7 Å². The fourth-order valence-corrected chi connectivity index (χ4v) is 6.60. The van der Waals surface area contributed by atoms with E-state index in [1.165, 1.54) is 0 Å². The van der Waals surface area contributed by atoms with Crippen LogP contribution in [0.4, 0.5) is 10.5 Å². The second kappa shape index (κ2) is 12.6. The Balaban J connectivity index is 1.26. The Morgan fingerprint density at radius 3 is 2.31 bits per heavy atom. The maximum Gasteiger partial charge on any atom is 0.411 e. The molecule has 1 saturated carbocycles. The van der Waals surface area contributed by atoms with Gasteiger partial charge in [0.1, 0.15) is 17.2 Å². The van der Waals surface area contributed by atoms with Gasteiger partial charge < -0.3 is 19.6 Å². The number of halogens is 2. The Labute approximate surface area is 258 Å². The van der Waals surface area contributed by atoms with Crippen molar-refractivity contribution in [3.05, 3.63) is 58.3 Å². The van der Waals surface area contributed by atoms with Crippen molar-refractivity contribution in [1.29, 1.82) is 0 Å². The lowest BCUT2D eigenvalue weighted by molar-refractivity contribution is -0.140. The minimum atomic E-state index is -0.931. The van der Waals surface area contributed by atoms with Gasteiger partial charge in [-0.25, -0.2) is 4.79 Å². The van der Waals surface area contributed by atoms with E-state index in [9.17, 15) is 14.7 Å². The zero-order valence-corrected chi connectivity index (χ0v) is 26.2. The molecule has 2 amide bonds. The summed E-state index contributed by atoms with van der Waals surface area (Å²) in [5, 5.41) is 12.3. The number of amides is 2. The summed E-state index contributed by atoms with van der Waals surface area (Å²) in [6.45, 7) is 9.41. The van der Waals surface area contributed by atoms with E-state index in [1.54, 1.807) is 17.2 Å². The Kier molecular flexibility index (Phi) is 9.23. The molecule has 0 spiro atoms. The van der Waals surface area contributed by atoms with Crippen LogP contribution < -0.4 is 4.90 Å². The van der Waals surface area contributed by atoms with Gasteiger partial charge in [0.05, 0.1) is 15.7 Å². The van der Waals surface area contributed by atoms with Gasteiger partial charge in [0.2, 0.25) is 5.91 Å². The predicted molar refractivity (Wildman–Crippen MR) is 164 cm³/mol. The molecule has 3 heterocycles. The number of ether oxygens (including phenoxy) is 1. The van der Waals surface area contributed by atoms with E-state index in [4.69, 9.17) is 27.9 Å². The quantitative estimate of drug-likeness (QED) is 0.528. The van der Waals surface area contributed by atoms with Crippen molar-refractivity contribution in [2.45, 2.75) is 69.7 Å². The van der Waals surface area contributed by atoms with Crippen LogP contribution in [0.1, 0.15) is 52.1 Å². The van der Waals surface area contributed by atoms with Crippen LogP contribution in [0, 0.1) is 0 Å². The average Bonchev–Trinajstić information content (AvgIpc) is 2.98. The lowest BCUT2D eigenvalue weighted by Crippen LogP contribution is -2.64. The number of carbonyl (C=O) groups excluding carboxylic acids is 2. The molecule has 228 valence electrons. The molecule has 2 aliphatic heterocycles. The molecule has 0 radical (unpaired) electrons. The van der Waals surface area contributed by atoms with Gasteiger partial charge >= 0.3 is 6.09 Å². The van der Waals surface area contributed by atoms with Crippen molar-refractivity contribution in [3.63, 3.8) is 0 Å². The molecule has 11 heteroatoms. The molecule has 2 aromatic rings. The number of carbonyl (C=O) groups is 2. The minimum absolute atomic E-state index is 0.0554. The molecular weight excluding hydrogens is 577 g/mol. The minimum Gasteiger partial charge on any atom is -0.444 e. The van der Waals surface area contributed by atoms with E-state index in [2.05, 4.69) is 14.8 Å². The summed E-state index contributed by atoms with van der Waals surface area (Å²) in [6.07, 6.45) is 4.07. The maximum absolute atomic E-state index is 14.0. The molecule has 42 heavy (non-hydrogen) atoms. The number of anilines is 1. The van der Waals surface area contributed by atoms with Gasteiger partial charge in [-0.05, 0) is 76.8 Å². The SMILES string of the molecule is CC(C)(C)OC(=O)N1CCN(C2CCC(O)(c3ccccn3)CC2)C[C@@H]1C(=O)N1CCN(c2ccc(Cl)c(Cl)c2)CC1. The van der Waals surface area contributed by atoms with E-state index >= 15 is 0 Å². The number of rotatable bonds is 4. The molecule has 3 aliphatic rings. The Hall–Kier alpha value is -2.59. The second-order valence-electron chi connectivity index (χ2n) is 12.6. The summed E-state index contributed by atoms with van der Waals surface area (Å²) in [5.74, 6) is -0.0554. The normalized spacial score (nSPS) is 25.8. The molecular formula is C31H41Cl2N5O4. The van der Waals surface area contributed by atoms with E-state index in [0.29, 0.717) is 74.4 Å². The highest BCUT2D eigenvalue weighted by Crippen LogP contribution is 2.38. The van der Waals surface area contributed by atoms with E-state index in [1.807, 2.05) is 56.0 Å². The number of aromatic nitrogens is 1. The van der Waals surface area contributed by atoms with Gasteiger partial charge in [0, 0.05) is 63.7 Å². The Morgan fingerprint density at radius 2 is 1.69 bits per heavy atom. The molecule has 3 fully saturated rings. The zero-order chi connectivity index (χ0) is 30.1. The third kappa shape index (κ3) is 6.96. The zero-order valence-electron chi connectivity index (χ0n) is 24.6. The monoisotopic (exact) mass is 617 g/mol.